The molecule has 0 amide bonds. The average Bonchev–Trinajstić information content (AvgIpc) is 3.40. The Morgan fingerprint density at radius 1 is 0.792 bits per heavy atom. The van der Waals surface area contributed by atoms with Crippen LogP contribution in [0, 0.1) is 23.7 Å². The van der Waals surface area contributed by atoms with Gasteiger partial charge in [0.15, 0.2) is 24.6 Å². The standard InChI is InChI=1S/C57H86N2O18/c1-17-44-57(10,65)50(62)32(4)47(58-71-23-22-70-37-20-18-36(19-21-37)41-27-40(60)46-42(67-14)25-38(66-13)26-43(46)74-41)30(2)28-56(9,69-16)52(77-54-48(61)39(59(11)12)24-31(3)72-54)33(5)49(34(6)53(64)75-44)76-45-29-55(8,68-15)51(63)35(7)73-45/h18-21,25-27,30-35,39,44-45,48-52,54,61-63,65H,17,22-24,28-29H2,1-16H3/b58-47-/t30-,31-,32+,33+,34-,35+,39+,44-,45+,48-,49+,50-,51+,52-,54+,55-,56-,57-/m1/s1. The summed E-state index contributed by atoms with van der Waals surface area (Å²) in [7, 11) is 9.81. The van der Waals surface area contributed by atoms with Gasteiger partial charge in [-0.15, -0.1) is 0 Å². The van der Waals surface area contributed by atoms with Gasteiger partial charge >= 0.3 is 5.97 Å². The number of carbonyl (C=O) groups is 1. The number of hydrogen-bond donors (Lipinski definition) is 4. The smallest absolute Gasteiger partial charge is 0.311 e. The lowest BCUT2D eigenvalue weighted by molar-refractivity contribution is -0.319. The van der Waals surface area contributed by atoms with Gasteiger partial charge in [0.05, 0.1) is 67.6 Å². The fraction of sp³-hybridized carbons (Fsp3) is 0.702. The normalized spacial score (nSPS) is 37.3. The van der Waals surface area contributed by atoms with Crippen LogP contribution in [0.25, 0.3) is 22.3 Å². The van der Waals surface area contributed by atoms with Crippen molar-refractivity contribution < 1.29 is 81.8 Å². The van der Waals surface area contributed by atoms with E-state index in [1.807, 2.05) is 46.7 Å². The third kappa shape index (κ3) is 13.6. The maximum absolute atomic E-state index is 14.6. The first-order chi connectivity index (χ1) is 36.3. The lowest BCUT2D eigenvalue weighted by Gasteiger charge is -2.50. The summed E-state index contributed by atoms with van der Waals surface area (Å²) in [5.74, 6) is -2.30. The van der Waals surface area contributed by atoms with Gasteiger partial charge in [-0.3, -0.25) is 9.59 Å². The van der Waals surface area contributed by atoms with Crippen LogP contribution in [0.5, 0.6) is 17.2 Å². The Morgan fingerprint density at radius 2 is 1.47 bits per heavy atom. The molecule has 0 unspecified atom stereocenters. The van der Waals surface area contributed by atoms with E-state index in [9.17, 15) is 30.0 Å². The second-order valence-corrected chi connectivity index (χ2v) is 22.1. The number of esters is 1. The molecule has 0 spiro atoms. The number of fused-ring (bicyclic) bond motifs is 1. The number of methoxy groups -OCH3 is 4. The van der Waals surface area contributed by atoms with E-state index in [1.165, 1.54) is 34.3 Å². The molecule has 4 N–H and O–H groups in total. The van der Waals surface area contributed by atoms with Crippen molar-refractivity contribution in [2.75, 3.05) is 55.7 Å². The number of nitrogens with zero attached hydrogens (tertiary/aromatic N) is 2. The second-order valence-electron chi connectivity index (χ2n) is 22.1. The van der Waals surface area contributed by atoms with Gasteiger partial charge in [-0.1, -0.05) is 32.9 Å². The van der Waals surface area contributed by atoms with E-state index < -0.39 is 102 Å². The molecule has 20 nitrogen and oxygen atoms in total. The molecule has 2 aromatic carbocycles. The summed E-state index contributed by atoms with van der Waals surface area (Å²) in [5.41, 5.74) is -3.32. The summed E-state index contributed by atoms with van der Waals surface area (Å²) in [6, 6.07) is 11.3. The van der Waals surface area contributed by atoms with E-state index in [4.69, 9.17) is 56.6 Å². The van der Waals surface area contributed by atoms with E-state index in [-0.39, 0.29) is 50.1 Å². The monoisotopic (exact) mass is 1090 g/mol. The largest absolute Gasteiger partial charge is 0.496 e. The van der Waals surface area contributed by atoms with Crippen LogP contribution < -0.4 is 19.6 Å². The quantitative estimate of drug-likeness (QED) is 0.0718. The predicted octanol–water partition coefficient (Wildman–Crippen LogP) is 6.11. The molecule has 0 aliphatic carbocycles. The molecule has 1 aromatic heterocycles. The van der Waals surface area contributed by atoms with Crippen molar-refractivity contribution in [1.82, 2.24) is 4.90 Å². The van der Waals surface area contributed by atoms with Crippen LogP contribution in [0.2, 0.25) is 0 Å². The summed E-state index contributed by atoms with van der Waals surface area (Å²) < 4.78 is 68.1. The van der Waals surface area contributed by atoms with Gasteiger partial charge in [0.25, 0.3) is 0 Å². The highest BCUT2D eigenvalue weighted by Gasteiger charge is 2.54. The Hall–Kier alpha value is -4.45. The molecular formula is C57H86N2O18. The molecule has 3 aliphatic heterocycles. The number of carbonyl (C=O) groups excluding carboxylic acids is 1. The Bertz CT molecular complexity index is 2500. The number of likely N-dealkylation sites (N-methyl/N-ethyl adjacent to an activating group) is 1. The van der Waals surface area contributed by atoms with E-state index in [0.717, 1.165) is 0 Å². The number of cyclic esters (lactones) is 1. The van der Waals surface area contributed by atoms with Crippen LogP contribution in [-0.2, 0) is 42.8 Å². The van der Waals surface area contributed by atoms with Crippen molar-refractivity contribution in [3.8, 4) is 28.6 Å². The number of oxime groups is 1. The first kappa shape index (κ1) is 61.8. The summed E-state index contributed by atoms with van der Waals surface area (Å²) in [6.45, 7) is 17.6. The van der Waals surface area contributed by atoms with Crippen molar-refractivity contribution in [3.63, 3.8) is 0 Å². The van der Waals surface area contributed by atoms with Gasteiger partial charge < -0.3 is 81.9 Å². The molecule has 3 saturated heterocycles. The molecule has 18 atom stereocenters. The minimum Gasteiger partial charge on any atom is -0.496 e. The van der Waals surface area contributed by atoms with Gasteiger partial charge in [-0.25, -0.2) is 0 Å². The molecule has 4 heterocycles. The fourth-order valence-electron chi connectivity index (χ4n) is 11.5. The summed E-state index contributed by atoms with van der Waals surface area (Å²) in [4.78, 5) is 35.8. The third-order valence-electron chi connectivity index (χ3n) is 16.3. The Balaban J connectivity index is 1.32. The molecule has 77 heavy (non-hydrogen) atoms. The minimum absolute atomic E-state index is 0.0278. The van der Waals surface area contributed by atoms with Gasteiger partial charge in [-0.2, -0.15) is 0 Å². The van der Waals surface area contributed by atoms with Crippen molar-refractivity contribution in [3.05, 3.63) is 52.7 Å². The second kappa shape index (κ2) is 25.8. The van der Waals surface area contributed by atoms with Gasteiger partial charge in [0.1, 0.15) is 64.5 Å². The lowest BCUT2D eigenvalue weighted by atomic mass is 9.73. The summed E-state index contributed by atoms with van der Waals surface area (Å²) >= 11 is 0. The molecule has 3 aromatic rings. The number of aliphatic hydroxyl groups is 4. The lowest BCUT2D eigenvalue weighted by Crippen LogP contribution is -2.61. The maximum atomic E-state index is 14.6. The summed E-state index contributed by atoms with van der Waals surface area (Å²) in [5, 5.41) is 52.5. The van der Waals surface area contributed by atoms with Crippen molar-refractivity contribution in [2.45, 2.75) is 179 Å². The highest BCUT2D eigenvalue weighted by atomic mass is 16.7. The first-order valence-corrected chi connectivity index (χ1v) is 26.8. The molecule has 6 rings (SSSR count). The van der Waals surface area contributed by atoms with Crippen LogP contribution in [0.3, 0.4) is 0 Å². The predicted molar refractivity (Wildman–Crippen MR) is 286 cm³/mol. The van der Waals surface area contributed by atoms with Crippen LogP contribution >= 0.6 is 0 Å². The third-order valence-corrected chi connectivity index (χ3v) is 16.3. The van der Waals surface area contributed by atoms with Crippen LogP contribution in [0.1, 0.15) is 94.9 Å². The molecule has 20 heteroatoms. The van der Waals surface area contributed by atoms with Gasteiger partial charge in [0.2, 0.25) is 0 Å². The van der Waals surface area contributed by atoms with E-state index in [1.54, 1.807) is 78.1 Å². The van der Waals surface area contributed by atoms with Gasteiger partial charge in [0, 0.05) is 68.2 Å². The fourth-order valence-corrected chi connectivity index (χ4v) is 11.5. The summed E-state index contributed by atoms with van der Waals surface area (Å²) in [6.07, 6.45) is -9.05. The number of benzene rings is 2. The van der Waals surface area contributed by atoms with E-state index >= 15 is 0 Å². The number of hydrogen-bond acceptors (Lipinski definition) is 20. The zero-order valence-electron chi connectivity index (χ0n) is 47.8. The topological polar surface area (TPSA) is 245 Å². The minimum atomic E-state index is -2.00. The Labute approximate surface area is 453 Å². The number of ether oxygens (including phenoxy) is 10. The molecule has 0 saturated carbocycles. The molecule has 3 fully saturated rings. The van der Waals surface area contributed by atoms with Gasteiger partial charge in [-0.05, 0) is 99.2 Å². The zero-order chi connectivity index (χ0) is 56.9. The SMILES string of the molecule is CC[C@H]1OC(=O)[C@H](C)[C@@H](O[C@H]2C[C@@](C)(OC)[C@@H](O)[C@H](C)O2)[C@H](C)[C@@H](O[C@@H]2O[C@H](C)C[C@H](N(C)C)[C@H]2O)[C@](C)(OC)C[C@@H](C)/C(=N/OCCOc2ccc(-c3cc(=O)c4c(OC)cc(OC)cc4o3)cc2)[C@H](C)[C@@H](O)[C@]1(C)O. The highest BCUT2D eigenvalue weighted by molar-refractivity contribution is 5.89. The Kier molecular flexibility index (Phi) is 20.7. The van der Waals surface area contributed by atoms with Crippen LogP contribution in [-0.4, -0.2) is 177 Å². The zero-order valence-corrected chi connectivity index (χ0v) is 47.8. The van der Waals surface area contributed by atoms with E-state index in [2.05, 4.69) is 5.16 Å². The molecule has 0 bridgehead atoms. The van der Waals surface area contributed by atoms with Crippen molar-refractivity contribution in [2.24, 2.45) is 28.8 Å². The first-order valence-electron chi connectivity index (χ1n) is 26.8. The van der Waals surface area contributed by atoms with Crippen molar-refractivity contribution >= 4 is 22.7 Å². The average molecular weight is 1090 g/mol. The highest BCUT2D eigenvalue weighted by Crippen LogP contribution is 2.42. The van der Waals surface area contributed by atoms with Crippen molar-refractivity contribution in [1.29, 1.82) is 0 Å². The molecule has 0 radical (unpaired) electrons. The number of rotatable bonds is 16. The maximum Gasteiger partial charge on any atom is 0.311 e. The van der Waals surface area contributed by atoms with Crippen LogP contribution in [0.15, 0.2) is 56.8 Å². The van der Waals surface area contributed by atoms with Crippen LogP contribution in [0.4, 0.5) is 0 Å². The Morgan fingerprint density at radius 3 is 2.08 bits per heavy atom. The molecule has 432 valence electrons. The number of aliphatic hydroxyl groups excluding tert-OH is 3. The molecular weight excluding hydrogens is 1000 g/mol. The van der Waals surface area contributed by atoms with E-state index in [0.29, 0.717) is 51.7 Å². The molecule has 3 aliphatic rings.